The Morgan fingerprint density at radius 1 is 1.14 bits per heavy atom. The van der Waals surface area contributed by atoms with E-state index in [0.29, 0.717) is 25.3 Å². The van der Waals surface area contributed by atoms with Crippen molar-refractivity contribution in [3.05, 3.63) is 53.1 Å². The molecule has 28 heavy (non-hydrogen) atoms. The lowest BCUT2D eigenvalue weighted by Gasteiger charge is -2.29. The summed E-state index contributed by atoms with van der Waals surface area (Å²) in [5.41, 5.74) is 3.37. The summed E-state index contributed by atoms with van der Waals surface area (Å²) in [6.45, 7) is 2.79. The van der Waals surface area contributed by atoms with Crippen LogP contribution in [0, 0.1) is 0 Å². The van der Waals surface area contributed by atoms with E-state index in [2.05, 4.69) is 5.32 Å². The molecule has 2 aromatic carbocycles. The van der Waals surface area contributed by atoms with Gasteiger partial charge in [-0.3, -0.25) is 4.79 Å². The summed E-state index contributed by atoms with van der Waals surface area (Å²) in [5.74, 6) is 1.89. The monoisotopic (exact) mass is 384 g/mol. The molecule has 0 radical (unpaired) electrons. The average molecular weight is 384 g/mol. The SMILES string of the molecule is COc1cc2c(cc1OC)CN(C(=O)CCCNCc1cccc(O)c1)CC2. The van der Waals surface area contributed by atoms with E-state index < -0.39 is 0 Å². The minimum Gasteiger partial charge on any atom is -0.508 e. The Balaban J connectivity index is 1.45. The lowest BCUT2D eigenvalue weighted by Crippen LogP contribution is -2.36. The first-order valence-corrected chi connectivity index (χ1v) is 9.61. The topological polar surface area (TPSA) is 71.0 Å². The molecule has 0 unspecified atom stereocenters. The van der Waals surface area contributed by atoms with Crippen LogP contribution in [0.15, 0.2) is 36.4 Å². The predicted molar refractivity (Wildman–Crippen MR) is 108 cm³/mol. The summed E-state index contributed by atoms with van der Waals surface area (Å²) in [6.07, 6.45) is 2.14. The van der Waals surface area contributed by atoms with Crippen LogP contribution in [0.25, 0.3) is 0 Å². The second-order valence-corrected chi connectivity index (χ2v) is 6.99. The summed E-state index contributed by atoms with van der Waals surface area (Å²) in [4.78, 5) is 14.5. The molecule has 0 saturated heterocycles. The summed E-state index contributed by atoms with van der Waals surface area (Å²) in [7, 11) is 3.26. The van der Waals surface area contributed by atoms with Crippen LogP contribution in [0.4, 0.5) is 0 Å². The van der Waals surface area contributed by atoms with Gasteiger partial charge in [-0.15, -0.1) is 0 Å². The highest BCUT2D eigenvalue weighted by atomic mass is 16.5. The molecule has 0 fully saturated rings. The number of hydrogen-bond donors (Lipinski definition) is 2. The third-order valence-electron chi connectivity index (χ3n) is 5.05. The van der Waals surface area contributed by atoms with Crippen LogP contribution >= 0.6 is 0 Å². The zero-order chi connectivity index (χ0) is 19.9. The third-order valence-corrected chi connectivity index (χ3v) is 5.05. The normalized spacial score (nSPS) is 13.1. The molecule has 0 saturated carbocycles. The van der Waals surface area contributed by atoms with Crippen LogP contribution in [-0.4, -0.2) is 43.2 Å². The van der Waals surface area contributed by atoms with Crippen molar-refractivity contribution in [1.82, 2.24) is 10.2 Å². The minimum atomic E-state index is 0.180. The average Bonchev–Trinajstić information content (AvgIpc) is 2.71. The highest BCUT2D eigenvalue weighted by Crippen LogP contribution is 2.33. The number of ether oxygens (including phenoxy) is 2. The number of aromatic hydroxyl groups is 1. The van der Waals surface area contributed by atoms with E-state index in [1.807, 2.05) is 29.2 Å². The molecule has 2 N–H and O–H groups in total. The highest BCUT2D eigenvalue weighted by Gasteiger charge is 2.22. The fraction of sp³-hybridized carbons (Fsp3) is 0.409. The summed E-state index contributed by atoms with van der Waals surface area (Å²) >= 11 is 0. The molecule has 0 spiro atoms. The third kappa shape index (κ3) is 4.95. The number of benzene rings is 2. The Kier molecular flexibility index (Phi) is 6.76. The highest BCUT2D eigenvalue weighted by molar-refractivity contribution is 5.76. The number of hydrogen-bond acceptors (Lipinski definition) is 5. The van der Waals surface area contributed by atoms with E-state index in [0.717, 1.165) is 42.8 Å². The summed E-state index contributed by atoms with van der Waals surface area (Å²) < 4.78 is 10.7. The second-order valence-electron chi connectivity index (χ2n) is 6.99. The maximum atomic E-state index is 12.6. The minimum absolute atomic E-state index is 0.180. The van der Waals surface area contributed by atoms with Gasteiger partial charge >= 0.3 is 0 Å². The second kappa shape index (κ2) is 9.46. The molecule has 1 aliphatic heterocycles. The van der Waals surface area contributed by atoms with Crippen molar-refractivity contribution in [3.8, 4) is 17.2 Å². The van der Waals surface area contributed by atoms with Gasteiger partial charge in [0, 0.05) is 26.1 Å². The fourth-order valence-electron chi connectivity index (χ4n) is 3.52. The van der Waals surface area contributed by atoms with Gasteiger partial charge < -0.3 is 24.8 Å². The Morgan fingerprint density at radius 3 is 2.61 bits per heavy atom. The van der Waals surface area contributed by atoms with Crippen molar-refractivity contribution in [2.24, 2.45) is 0 Å². The molecule has 2 aromatic rings. The Hall–Kier alpha value is -2.73. The first kappa shape index (κ1) is 20.0. The molecule has 0 aromatic heterocycles. The van der Waals surface area contributed by atoms with Gasteiger partial charge in [0.1, 0.15) is 5.75 Å². The Labute approximate surface area is 166 Å². The zero-order valence-corrected chi connectivity index (χ0v) is 16.5. The number of nitrogens with one attached hydrogen (secondary N) is 1. The molecule has 3 rings (SSSR count). The number of nitrogens with zero attached hydrogens (tertiary/aromatic N) is 1. The van der Waals surface area contributed by atoms with Crippen molar-refractivity contribution >= 4 is 5.91 Å². The van der Waals surface area contributed by atoms with Gasteiger partial charge in [0.25, 0.3) is 0 Å². The molecular weight excluding hydrogens is 356 g/mol. The van der Waals surface area contributed by atoms with Crippen molar-refractivity contribution in [3.63, 3.8) is 0 Å². The number of carbonyl (C=O) groups is 1. The van der Waals surface area contributed by atoms with E-state index in [1.54, 1.807) is 26.4 Å². The number of phenols is 1. The van der Waals surface area contributed by atoms with Crippen LogP contribution in [0.3, 0.4) is 0 Å². The van der Waals surface area contributed by atoms with Gasteiger partial charge in [0.05, 0.1) is 14.2 Å². The Bertz CT molecular complexity index is 822. The van der Waals surface area contributed by atoms with E-state index in [4.69, 9.17) is 9.47 Å². The van der Waals surface area contributed by atoms with Crippen molar-refractivity contribution < 1.29 is 19.4 Å². The smallest absolute Gasteiger partial charge is 0.222 e. The van der Waals surface area contributed by atoms with Crippen molar-refractivity contribution in [2.45, 2.75) is 32.4 Å². The first-order valence-electron chi connectivity index (χ1n) is 9.61. The molecule has 6 nitrogen and oxygen atoms in total. The lowest BCUT2D eigenvalue weighted by molar-refractivity contribution is -0.132. The van der Waals surface area contributed by atoms with Crippen LogP contribution in [0.5, 0.6) is 17.2 Å². The molecule has 150 valence electrons. The fourth-order valence-corrected chi connectivity index (χ4v) is 3.52. The maximum Gasteiger partial charge on any atom is 0.222 e. The summed E-state index contributed by atoms with van der Waals surface area (Å²) in [6, 6.07) is 11.2. The van der Waals surface area contributed by atoms with E-state index in [1.165, 1.54) is 5.56 Å². The quantitative estimate of drug-likeness (QED) is 0.685. The molecule has 1 heterocycles. The number of amides is 1. The predicted octanol–water partition coefficient (Wildman–Crippen LogP) is 2.86. The van der Waals surface area contributed by atoms with Crippen LogP contribution in [-0.2, 0) is 24.3 Å². The molecule has 6 heteroatoms. The van der Waals surface area contributed by atoms with Gasteiger partial charge in [-0.1, -0.05) is 12.1 Å². The van der Waals surface area contributed by atoms with Gasteiger partial charge in [0.2, 0.25) is 5.91 Å². The van der Waals surface area contributed by atoms with Crippen LogP contribution in [0.1, 0.15) is 29.5 Å². The molecule has 1 amide bonds. The van der Waals surface area contributed by atoms with Gasteiger partial charge in [-0.25, -0.2) is 0 Å². The number of methoxy groups -OCH3 is 2. The standard InChI is InChI=1S/C22H28N2O4/c1-27-20-12-17-8-10-24(15-18(17)13-21(20)28-2)22(26)7-4-9-23-14-16-5-3-6-19(25)11-16/h3,5-6,11-13,23,25H,4,7-10,14-15H2,1-2H3. The molecular formula is C22H28N2O4. The van der Waals surface area contributed by atoms with Gasteiger partial charge in [0.15, 0.2) is 11.5 Å². The Morgan fingerprint density at radius 2 is 1.89 bits per heavy atom. The van der Waals surface area contributed by atoms with Crippen LogP contribution < -0.4 is 14.8 Å². The van der Waals surface area contributed by atoms with Gasteiger partial charge in [-0.05, 0) is 60.3 Å². The molecule has 0 atom stereocenters. The maximum absolute atomic E-state index is 12.6. The summed E-state index contributed by atoms with van der Waals surface area (Å²) in [5, 5.41) is 12.8. The lowest BCUT2D eigenvalue weighted by atomic mass is 9.98. The number of rotatable bonds is 8. The first-order chi connectivity index (χ1) is 13.6. The number of phenolic OH excluding ortho intramolecular Hbond substituents is 1. The van der Waals surface area contributed by atoms with Crippen LogP contribution in [0.2, 0.25) is 0 Å². The van der Waals surface area contributed by atoms with E-state index in [-0.39, 0.29) is 11.7 Å². The number of fused-ring (bicyclic) bond motifs is 1. The zero-order valence-electron chi connectivity index (χ0n) is 16.5. The molecule has 0 aliphatic carbocycles. The van der Waals surface area contributed by atoms with Gasteiger partial charge in [-0.2, -0.15) is 0 Å². The molecule has 0 bridgehead atoms. The van der Waals surface area contributed by atoms with Crippen molar-refractivity contribution in [2.75, 3.05) is 27.3 Å². The van der Waals surface area contributed by atoms with Crippen molar-refractivity contribution in [1.29, 1.82) is 0 Å². The van der Waals surface area contributed by atoms with E-state index in [9.17, 15) is 9.90 Å². The largest absolute Gasteiger partial charge is 0.508 e. The molecule has 1 aliphatic rings. The van der Waals surface area contributed by atoms with E-state index >= 15 is 0 Å². The number of carbonyl (C=O) groups excluding carboxylic acids is 1.